The molecule has 0 fully saturated rings. The van der Waals surface area contributed by atoms with Crippen molar-refractivity contribution in [2.45, 2.75) is 18.7 Å². The number of rotatable bonds is 8. The minimum atomic E-state index is -4.12. The van der Waals surface area contributed by atoms with Crippen LogP contribution in [0.5, 0.6) is 0 Å². The standard InChI is InChI=1S/C18H21FN2O5S2/c1-3-27(23,24)11-10-20-18(22)15-12-14(9-8-13(15)2)28(25,26)21-17-7-5-4-6-16(17)19/h4-9,12,21H,3,10-11H2,1-2H3,(H,20,22). The van der Waals surface area contributed by atoms with Gasteiger partial charge in [-0.1, -0.05) is 25.1 Å². The molecule has 0 aliphatic rings. The average molecular weight is 429 g/mol. The predicted octanol–water partition coefficient (Wildman–Crippen LogP) is 2.10. The van der Waals surface area contributed by atoms with Crippen LogP contribution in [0.4, 0.5) is 10.1 Å². The summed E-state index contributed by atoms with van der Waals surface area (Å²) in [6.45, 7) is 3.05. The Labute approximate surface area is 163 Å². The number of halogens is 1. The molecule has 2 rings (SSSR count). The maximum atomic E-state index is 13.7. The van der Waals surface area contributed by atoms with E-state index >= 15 is 0 Å². The Morgan fingerprint density at radius 1 is 1.07 bits per heavy atom. The highest BCUT2D eigenvalue weighted by Gasteiger charge is 2.19. The molecule has 0 saturated carbocycles. The van der Waals surface area contributed by atoms with Crippen molar-refractivity contribution in [3.8, 4) is 0 Å². The second kappa shape index (κ2) is 8.70. The van der Waals surface area contributed by atoms with Gasteiger partial charge < -0.3 is 5.32 Å². The van der Waals surface area contributed by atoms with Gasteiger partial charge >= 0.3 is 0 Å². The van der Waals surface area contributed by atoms with Crippen LogP contribution in [0.15, 0.2) is 47.4 Å². The summed E-state index contributed by atoms with van der Waals surface area (Å²) < 4.78 is 64.0. The van der Waals surface area contributed by atoms with Gasteiger partial charge in [0.2, 0.25) is 0 Å². The number of aryl methyl sites for hydroxylation is 1. The molecule has 0 bridgehead atoms. The van der Waals surface area contributed by atoms with Gasteiger partial charge in [0.25, 0.3) is 15.9 Å². The Kier molecular flexibility index (Phi) is 6.78. The lowest BCUT2D eigenvalue weighted by Gasteiger charge is -2.12. The monoisotopic (exact) mass is 428 g/mol. The third kappa shape index (κ3) is 5.52. The molecule has 0 aliphatic carbocycles. The van der Waals surface area contributed by atoms with Crippen molar-refractivity contribution in [3.63, 3.8) is 0 Å². The summed E-state index contributed by atoms with van der Waals surface area (Å²) in [5, 5.41) is 2.47. The molecule has 0 heterocycles. The second-order valence-electron chi connectivity index (χ2n) is 6.05. The van der Waals surface area contributed by atoms with Crippen molar-refractivity contribution in [1.29, 1.82) is 0 Å². The van der Waals surface area contributed by atoms with Crippen LogP contribution in [0, 0.1) is 12.7 Å². The topological polar surface area (TPSA) is 109 Å². The van der Waals surface area contributed by atoms with Crippen LogP contribution >= 0.6 is 0 Å². The fraction of sp³-hybridized carbons (Fsp3) is 0.278. The van der Waals surface area contributed by atoms with E-state index in [2.05, 4.69) is 10.0 Å². The lowest BCUT2D eigenvalue weighted by Crippen LogP contribution is -2.30. The van der Waals surface area contributed by atoms with Gasteiger partial charge in [-0.15, -0.1) is 0 Å². The van der Waals surface area contributed by atoms with Gasteiger partial charge in [-0.25, -0.2) is 21.2 Å². The minimum absolute atomic E-state index is 0.0304. The number of hydrogen-bond donors (Lipinski definition) is 2. The lowest BCUT2D eigenvalue weighted by atomic mass is 10.1. The highest BCUT2D eigenvalue weighted by molar-refractivity contribution is 7.92. The van der Waals surface area contributed by atoms with E-state index in [9.17, 15) is 26.0 Å². The van der Waals surface area contributed by atoms with Crippen LogP contribution < -0.4 is 10.0 Å². The molecule has 1 amide bonds. The minimum Gasteiger partial charge on any atom is -0.351 e. The fourth-order valence-corrected chi connectivity index (χ4v) is 4.12. The van der Waals surface area contributed by atoms with Gasteiger partial charge in [-0.3, -0.25) is 9.52 Å². The number of carbonyl (C=O) groups excluding carboxylic acids is 1. The Morgan fingerprint density at radius 3 is 2.39 bits per heavy atom. The van der Waals surface area contributed by atoms with Gasteiger partial charge in [-0.05, 0) is 36.8 Å². The summed E-state index contributed by atoms with van der Waals surface area (Å²) >= 11 is 0. The maximum Gasteiger partial charge on any atom is 0.262 e. The predicted molar refractivity (Wildman–Crippen MR) is 105 cm³/mol. The first-order valence-electron chi connectivity index (χ1n) is 8.42. The maximum absolute atomic E-state index is 13.7. The molecule has 0 saturated heterocycles. The zero-order chi connectivity index (χ0) is 20.9. The molecule has 0 aromatic heterocycles. The Bertz CT molecular complexity index is 1080. The van der Waals surface area contributed by atoms with Crippen LogP contribution in [0.2, 0.25) is 0 Å². The Balaban J connectivity index is 2.22. The van der Waals surface area contributed by atoms with Gasteiger partial charge in [0.05, 0.1) is 16.3 Å². The number of para-hydroxylation sites is 1. The molecule has 10 heteroatoms. The first-order chi connectivity index (χ1) is 13.1. The first-order valence-corrected chi connectivity index (χ1v) is 11.7. The van der Waals surface area contributed by atoms with Crippen molar-refractivity contribution in [1.82, 2.24) is 5.32 Å². The summed E-state index contributed by atoms with van der Waals surface area (Å²) in [7, 11) is -7.36. The smallest absolute Gasteiger partial charge is 0.262 e. The molecule has 0 unspecified atom stereocenters. The van der Waals surface area contributed by atoms with Crippen LogP contribution in [0.1, 0.15) is 22.8 Å². The van der Waals surface area contributed by atoms with Crippen molar-refractivity contribution in [2.75, 3.05) is 22.8 Å². The zero-order valence-electron chi connectivity index (χ0n) is 15.4. The lowest BCUT2D eigenvalue weighted by molar-refractivity contribution is 0.0955. The van der Waals surface area contributed by atoms with Gasteiger partial charge in [0, 0.05) is 17.9 Å². The molecule has 2 N–H and O–H groups in total. The molecule has 2 aromatic rings. The Morgan fingerprint density at radius 2 is 1.75 bits per heavy atom. The highest BCUT2D eigenvalue weighted by atomic mass is 32.2. The van der Waals surface area contributed by atoms with E-state index < -0.39 is 31.6 Å². The molecular weight excluding hydrogens is 407 g/mol. The number of nitrogens with one attached hydrogen (secondary N) is 2. The molecule has 7 nitrogen and oxygen atoms in total. The van der Waals surface area contributed by atoms with E-state index in [0.717, 1.165) is 6.07 Å². The summed E-state index contributed by atoms with van der Waals surface area (Å²) in [5.41, 5.74) is 0.393. The average Bonchev–Trinajstić information content (AvgIpc) is 2.63. The van der Waals surface area contributed by atoms with E-state index in [1.54, 1.807) is 6.92 Å². The third-order valence-electron chi connectivity index (χ3n) is 4.02. The number of carbonyl (C=O) groups is 1. The number of benzene rings is 2. The molecule has 152 valence electrons. The molecular formula is C18H21FN2O5S2. The van der Waals surface area contributed by atoms with Crippen LogP contribution in [-0.4, -0.2) is 40.8 Å². The summed E-state index contributed by atoms with van der Waals surface area (Å²) in [4.78, 5) is 12.1. The van der Waals surface area contributed by atoms with E-state index in [0.29, 0.717) is 5.56 Å². The van der Waals surface area contributed by atoms with Gasteiger partial charge in [0.1, 0.15) is 5.82 Å². The zero-order valence-corrected chi connectivity index (χ0v) is 17.0. The molecule has 0 spiro atoms. The quantitative estimate of drug-likeness (QED) is 0.669. The number of amides is 1. The SMILES string of the molecule is CCS(=O)(=O)CCNC(=O)c1cc(S(=O)(=O)Nc2ccccc2F)ccc1C. The summed E-state index contributed by atoms with van der Waals surface area (Å²) in [6.07, 6.45) is 0. The number of sulfonamides is 1. The first kappa shape index (κ1) is 21.8. The number of anilines is 1. The normalized spacial score (nSPS) is 11.8. The van der Waals surface area contributed by atoms with Crippen LogP contribution in [0.25, 0.3) is 0 Å². The fourth-order valence-electron chi connectivity index (χ4n) is 2.32. The molecule has 0 aliphatic heterocycles. The van der Waals surface area contributed by atoms with E-state index in [-0.39, 0.29) is 34.2 Å². The highest BCUT2D eigenvalue weighted by Crippen LogP contribution is 2.21. The van der Waals surface area contributed by atoms with E-state index in [4.69, 9.17) is 0 Å². The van der Waals surface area contributed by atoms with Gasteiger partial charge in [-0.2, -0.15) is 0 Å². The summed E-state index contributed by atoms with van der Waals surface area (Å²) in [6, 6.07) is 9.24. The van der Waals surface area contributed by atoms with E-state index in [1.165, 1.54) is 43.3 Å². The Hall–Kier alpha value is -2.46. The molecule has 2 aromatic carbocycles. The molecule has 28 heavy (non-hydrogen) atoms. The number of hydrogen-bond acceptors (Lipinski definition) is 5. The molecule has 0 radical (unpaired) electrons. The van der Waals surface area contributed by atoms with Crippen LogP contribution in [0.3, 0.4) is 0 Å². The third-order valence-corrected chi connectivity index (χ3v) is 7.09. The van der Waals surface area contributed by atoms with Crippen molar-refractivity contribution in [3.05, 3.63) is 59.4 Å². The summed E-state index contributed by atoms with van der Waals surface area (Å²) in [5.74, 6) is -1.56. The number of sulfone groups is 1. The van der Waals surface area contributed by atoms with E-state index in [1.807, 2.05) is 0 Å². The molecule has 0 atom stereocenters. The largest absolute Gasteiger partial charge is 0.351 e. The van der Waals surface area contributed by atoms with Crippen molar-refractivity contribution in [2.24, 2.45) is 0 Å². The van der Waals surface area contributed by atoms with Gasteiger partial charge in [0.15, 0.2) is 9.84 Å². The van der Waals surface area contributed by atoms with Crippen LogP contribution in [-0.2, 0) is 19.9 Å². The second-order valence-corrected chi connectivity index (χ2v) is 10.2. The van der Waals surface area contributed by atoms with Crippen molar-refractivity contribution >= 4 is 31.5 Å². The van der Waals surface area contributed by atoms with Crippen molar-refractivity contribution < 1.29 is 26.0 Å².